The number of aromatic nitrogens is 1. The topological polar surface area (TPSA) is 32.9 Å². The first-order valence-corrected chi connectivity index (χ1v) is 4.52. The van der Waals surface area contributed by atoms with E-state index in [1.165, 1.54) is 6.07 Å². The fourth-order valence-electron chi connectivity index (χ4n) is 1.84. The van der Waals surface area contributed by atoms with Crippen molar-refractivity contribution < 1.29 is 4.39 Å². The number of hydrogen-bond acceptors (Lipinski definition) is 1. The van der Waals surface area contributed by atoms with E-state index in [9.17, 15) is 9.18 Å². The van der Waals surface area contributed by atoms with Gasteiger partial charge in [-0.1, -0.05) is 0 Å². The van der Waals surface area contributed by atoms with Crippen LogP contribution in [0.3, 0.4) is 0 Å². The summed E-state index contributed by atoms with van der Waals surface area (Å²) in [5, 5.41) is 0. The zero-order valence-electron chi connectivity index (χ0n) is 7.56. The van der Waals surface area contributed by atoms with Crippen LogP contribution in [0, 0.1) is 6.92 Å². The number of H-pyrrole nitrogens is 1. The van der Waals surface area contributed by atoms with Gasteiger partial charge >= 0.3 is 0 Å². The van der Waals surface area contributed by atoms with Crippen LogP contribution in [0.1, 0.15) is 23.4 Å². The SMILES string of the molecule is Cc1cc(=O)c2c([nH]1)CCC(F)C2. The highest BCUT2D eigenvalue weighted by Gasteiger charge is 2.20. The van der Waals surface area contributed by atoms with Crippen molar-refractivity contribution in [3.8, 4) is 0 Å². The van der Waals surface area contributed by atoms with Crippen molar-refractivity contribution in [3.63, 3.8) is 0 Å². The van der Waals surface area contributed by atoms with Gasteiger partial charge in [0.1, 0.15) is 6.17 Å². The fourth-order valence-corrected chi connectivity index (χ4v) is 1.84. The van der Waals surface area contributed by atoms with Crippen molar-refractivity contribution in [2.45, 2.75) is 32.4 Å². The number of alkyl halides is 1. The predicted molar refractivity (Wildman–Crippen MR) is 48.7 cm³/mol. The molecule has 1 atom stereocenters. The lowest BCUT2D eigenvalue weighted by atomic mass is 9.94. The molecule has 1 heterocycles. The predicted octanol–water partition coefficient (Wildman–Crippen LogP) is 1.51. The summed E-state index contributed by atoms with van der Waals surface area (Å²) in [6.45, 7) is 1.85. The van der Waals surface area contributed by atoms with Crippen LogP contribution in [0.15, 0.2) is 10.9 Å². The van der Waals surface area contributed by atoms with Gasteiger partial charge in [0, 0.05) is 29.4 Å². The highest BCUT2D eigenvalue weighted by Crippen LogP contribution is 2.18. The van der Waals surface area contributed by atoms with E-state index in [1.54, 1.807) is 0 Å². The summed E-state index contributed by atoms with van der Waals surface area (Å²) in [5.74, 6) is 0. The molecule has 0 saturated heterocycles. The van der Waals surface area contributed by atoms with Crippen LogP contribution in [-0.4, -0.2) is 11.2 Å². The largest absolute Gasteiger partial charge is 0.362 e. The number of fused-ring (bicyclic) bond motifs is 1. The molecule has 0 bridgehead atoms. The Morgan fingerprint density at radius 3 is 3.15 bits per heavy atom. The minimum Gasteiger partial charge on any atom is -0.362 e. The molecule has 0 aromatic carbocycles. The molecule has 1 aromatic heterocycles. The number of nitrogens with one attached hydrogen (secondary N) is 1. The second-order valence-corrected chi connectivity index (χ2v) is 3.61. The Morgan fingerprint density at radius 2 is 2.38 bits per heavy atom. The highest BCUT2D eigenvalue weighted by atomic mass is 19.1. The van der Waals surface area contributed by atoms with Gasteiger partial charge in [0.05, 0.1) is 0 Å². The second-order valence-electron chi connectivity index (χ2n) is 3.61. The van der Waals surface area contributed by atoms with Gasteiger partial charge in [0.2, 0.25) is 0 Å². The summed E-state index contributed by atoms with van der Waals surface area (Å²) in [6, 6.07) is 1.54. The van der Waals surface area contributed by atoms with Crippen molar-refractivity contribution in [1.82, 2.24) is 4.98 Å². The molecule has 0 amide bonds. The van der Waals surface area contributed by atoms with E-state index in [0.29, 0.717) is 18.4 Å². The number of pyridine rings is 1. The summed E-state index contributed by atoms with van der Waals surface area (Å²) < 4.78 is 13.0. The lowest BCUT2D eigenvalue weighted by Crippen LogP contribution is -2.24. The molecule has 1 aliphatic carbocycles. The van der Waals surface area contributed by atoms with Gasteiger partial charge < -0.3 is 4.98 Å². The van der Waals surface area contributed by atoms with Gasteiger partial charge in [-0.15, -0.1) is 0 Å². The highest BCUT2D eigenvalue weighted by molar-refractivity contribution is 5.26. The lowest BCUT2D eigenvalue weighted by Gasteiger charge is -2.18. The Labute approximate surface area is 75.8 Å². The van der Waals surface area contributed by atoms with E-state index in [2.05, 4.69) is 4.98 Å². The minimum atomic E-state index is -0.837. The van der Waals surface area contributed by atoms with Gasteiger partial charge in [-0.25, -0.2) is 4.39 Å². The number of hydrogen-bond donors (Lipinski definition) is 1. The van der Waals surface area contributed by atoms with Crippen LogP contribution in [0.4, 0.5) is 4.39 Å². The van der Waals surface area contributed by atoms with Crippen molar-refractivity contribution in [3.05, 3.63) is 33.2 Å². The zero-order chi connectivity index (χ0) is 9.42. The third kappa shape index (κ3) is 1.50. The van der Waals surface area contributed by atoms with Crippen molar-refractivity contribution in [2.75, 3.05) is 0 Å². The minimum absolute atomic E-state index is 0.0198. The molecule has 13 heavy (non-hydrogen) atoms. The molecule has 2 rings (SSSR count). The maximum atomic E-state index is 13.0. The van der Waals surface area contributed by atoms with E-state index >= 15 is 0 Å². The third-order valence-corrected chi connectivity index (χ3v) is 2.49. The van der Waals surface area contributed by atoms with E-state index in [1.807, 2.05) is 6.92 Å². The Balaban J connectivity index is 2.53. The first-order chi connectivity index (χ1) is 6.16. The third-order valence-electron chi connectivity index (χ3n) is 2.49. The molecule has 0 radical (unpaired) electrons. The monoisotopic (exact) mass is 181 g/mol. The van der Waals surface area contributed by atoms with Crippen LogP contribution in [0.2, 0.25) is 0 Å². The molecular formula is C10H12FNO. The quantitative estimate of drug-likeness (QED) is 0.646. The van der Waals surface area contributed by atoms with Gasteiger partial charge in [-0.3, -0.25) is 4.79 Å². The van der Waals surface area contributed by atoms with Gasteiger partial charge in [-0.05, 0) is 19.8 Å². The van der Waals surface area contributed by atoms with Gasteiger partial charge in [-0.2, -0.15) is 0 Å². The van der Waals surface area contributed by atoms with E-state index in [0.717, 1.165) is 11.4 Å². The normalized spacial score (nSPS) is 21.2. The van der Waals surface area contributed by atoms with Crippen LogP contribution >= 0.6 is 0 Å². The van der Waals surface area contributed by atoms with Crippen LogP contribution in [0.25, 0.3) is 0 Å². The van der Waals surface area contributed by atoms with Gasteiger partial charge in [0.15, 0.2) is 5.43 Å². The average Bonchev–Trinajstić information content (AvgIpc) is 2.06. The maximum absolute atomic E-state index is 13.0. The Morgan fingerprint density at radius 1 is 1.62 bits per heavy atom. The molecule has 0 aliphatic heterocycles. The molecule has 70 valence electrons. The molecule has 0 spiro atoms. The first-order valence-electron chi connectivity index (χ1n) is 4.52. The van der Waals surface area contributed by atoms with Crippen molar-refractivity contribution in [1.29, 1.82) is 0 Å². The molecule has 0 fully saturated rings. The summed E-state index contributed by atoms with van der Waals surface area (Å²) >= 11 is 0. The maximum Gasteiger partial charge on any atom is 0.185 e. The van der Waals surface area contributed by atoms with Crippen molar-refractivity contribution >= 4 is 0 Å². The molecule has 1 N–H and O–H groups in total. The summed E-state index contributed by atoms with van der Waals surface area (Å²) in [6.07, 6.45) is 0.640. The van der Waals surface area contributed by atoms with Crippen LogP contribution in [-0.2, 0) is 12.8 Å². The average molecular weight is 181 g/mol. The molecule has 0 saturated carbocycles. The number of aromatic amines is 1. The molecule has 1 aliphatic rings. The second kappa shape index (κ2) is 2.98. The zero-order valence-corrected chi connectivity index (χ0v) is 7.56. The summed E-state index contributed by atoms with van der Waals surface area (Å²) in [4.78, 5) is 14.6. The van der Waals surface area contributed by atoms with Gasteiger partial charge in [0.25, 0.3) is 0 Å². The molecule has 2 nitrogen and oxygen atoms in total. The summed E-state index contributed by atoms with van der Waals surface area (Å²) in [7, 11) is 0. The lowest BCUT2D eigenvalue weighted by molar-refractivity contribution is 0.298. The van der Waals surface area contributed by atoms with Crippen LogP contribution < -0.4 is 5.43 Å². The number of aryl methyl sites for hydroxylation is 2. The Kier molecular flexibility index (Phi) is 1.94. The van der Waals surface area contributed by atoms with E-state index in [4.69, 9.17) is 0 Å². The molecule has 3 heteroatoms. The standard InChI is InChI=1S/C10H12FNO/c1-6-4-10(13)8-5-7(11)2-3-9(8)12-6/h4,7H,2-3,5H2,1H3,(H,12,13). The molecular weight excluding hydrogens is 169 g/mol. The first kappa shape index (κ1) is 8.48. The molecule has 1 aromatic rings. The molecule has 1 unspecified atom stereocenters. The van der Waals surface area contributed by atoms with E-state index < -0.39 is 6.17 Å². The fraction of sp³-hybridized carbons (Fsp3) is 0.500. The Bertz CT molecular complexity index is 383. The van der Waals surface area contributed by atoms with E-state index in [-0.39, 0.29) is 11.8 Å². The number of rotatable bonds is 0. The summed E-state index contributed by atoms with van der Waals surface area (Å²) in [5.41, 5.74) is 2.41. The van der Waals surface area contributed by atoms with Crippen LogP contribution in [0.5, 0.6) is 0 Å². The van der Waals surface area contributed by atoms with Crippen molar-refractivity contribution in [2.24, 2.45) is 0 Å². The smallest absolute Gasteiger partial charge is 0.185 e. The number of halogens is 1. The Hall–Kier alpha value is -1.12.